The molecule has 0 fully saturated rings. The van der Waals surface area contributed by atoms with E-state index in [0.717, 1.165) is 0 Å². The molecule has 0 aliphatic carbocycles. The van der Waals surface area contributed by atoms with Gasteiger partial charge in [0, 0.05) is 36.0 Å². The van der Waals surface area contributed by atoms with Crippen LogP contribution >= 0.6 is 0 Å². The summed E-state index contributed by atoms with van der Waals surface area (Å²) in [6, 6.07) is 7.68. The van der Waals surface area contributed by atoms with E-state index in [9.17, 15) is 24.5 Å². The molecule has 2 heterocycles. The maximum Gasteiger partial charge on any atom is 0.354 e. The molecule has 2 aromatic heterocycles. The van der Waals surface area contributed by atoms with E-state index in [2.05, 4.69) is 0 Å². The molecule has 1 amide bonds. The van der Waals surface area contributed by atoms with Crippen LogP contribution in [-0.4, -0.2) is 45.2 Å². The average molecular weight is 467 g/mol. The Morgan fingerprint density at radius 2 is 1.91 bits per heavy atom. The standard InChI is InChI=1S/C24H25N3O7/c1-14-20(15(2)25(4)21(14)24(30)33-5)22(28)16(3)26(13-19-10-7-11-34-19)23(29)17-8-6-9-18(12-17)27(31)32/h6-12,16H,13H2,1-5H3/t16-/m0/s1. The van der Waals surface area contributed by atoms with Gasteiger partial charge in [0.15, 0.2) is 5.78 Å². The summed E-state index contributed by atoms with van der Waals surface area (Å²) in [6.45, 7) is 4.90. The van der Waals surface area contributed by atoms with Crippen LogP contribution in [0.2, 0.25) is 0 Å². The highest BCUT2D eigenvalue weighted by Crippen LogP contribution is 2.26. The van der Waals surface area contributed by atoms with E-state index in [4.69, 9.17) is 9.15 Å². The zero-order valence-corrected chi connectivity index (χ0v) is 19.5. The highest BCUT2D eigenvalue weighted by molar-refractivity contribution is 6.07. The predicted molar refractivity (Wildman–Crippen MR) is 122 cm³/mol. The molecule has 1 atom stereocenters. The third-order valence-electron chi connectivity index (χ3n) is 5.87. The number of ether oxygens (including phenoxy) is 1. The van der Waals surface area contributed by atoms with Crippen molar-refractivity contribution in [1.82, 2.24) is 9.47 Å². The molecule has 0 N–H and O–H groups in total. The quantitative estimate of drug-likeness (QED) is 0.213. The number of rotatable bonds is 8. The molecule has 10 nitrogen and oxygen atoms in total. The average Bonchev–Trinajstić information content (AvgIpc) is 3.41. The molecule has 0 saturated heterocycles. The minimum absolute atomic E-state index is 0.0315. The van der Waals surface area contributed by atoms with Crippen molar-refractivity contribution in [2.45, 2.75) is 33.4 Å². The third kappa shape index (κ3) is 4.47. The second-order valence-corrected chi connectivity index (χ2v) is 7.84. The van der Waals surface area contributed by atoms with Crippen molar-refractivity contribution in [2.75, 3.05) is 7.11 Å². The normalized spacial score (nSPS) is 11.7. The van der Waals surface area contributed by atoms with Crippen LogP contribution in [0.25, 0.3) is 0 Å². The fourth-order valence-electron chi connectivity index (χ4n) is 3.95. The first-order valence-electron chi connectivity index (χ1n) is 10.4. The van der Waals surface area contributed by atoms with Gasteiger partial charge in [0.2, 0.25) is 0 Å². The number of amides is 1. The van der Waals surface area contributed by atoms with Crippen molar-refractivity contribution in [3.63, 3.8) is 0 Å². The predicted octanol–water partition coefficient (Wildman–Crippen LogP) is 3.84. The van der Waals surface area contributed by atoms with Crippen molar-refractivity contribution in [3.05, 3.63) is 86.6 Å². The molecule has 3 rings (SSSR count). The van der Waals surface area contributed by atoms with Crippen molar-refractivity contribution in [1.29, 1.82) is 0 Å². The van der Waals surface area contributed by atoms with Gasteiger partial charge < -0.3 is 18.6 Å². The first kappa shape index (κ1) is 24.4. The summed E-state index contributed by atoms with van der Waals surface area (Å²) in [6.07, 6.45) is 1.45. The molecule has 0 spiro atoms. The number of esters is 1. The number of nitro benzene ring substituents is 1. The maximum absolute atomic E-state index is 13.6. The third-order valence-corrected chi connectivity index (χ3v) is 5.87. The fourth-order valence-corrected chi connectivity index (χ4v) is 3.95. The Hall–Kier alpha value is -4.21. The van der Waals surface area contributed by atoms with Gasteiger partial charge in [0.05, 0.1) is 30.9 Å². The van der Waals surface area contributed by atoms with Gasteiger partial charge in [-0.15, -0.1) is 0 Å². The van der Waals surface area contributed by atoms with E-state index in [0.29, 0.717) is 22.6 Å². The minimum Gasteiger partial charge on any atom is -0.467 e. The Balaban J connectivity index is 2.04. The number of furan rings is 1. The second-order valence-electron chi connectivity index (χ2n) is 7.84. The minimum atomic E-state index is -0.970. The van der Waals surface area contributed by atoms with Crippen LogP contribution in [0.5, 0.6) is 0 Å². The Morgan fingerprint density at radius 3 is 2.50 bits per heavy atom. The summed E-state index contributed by atoms with van der Waals surface area (Å²) in [5, 5.41) is 11.2. The number of nitro groups is 1. The van der Waals surface area contributed by atoms with E-state index in [1.807, 2.05) is 0 Å². The largest absolute Gasteiger partial charge is 0.467 e. The van der Waals surface area contributed by atoms with Crippen LogP contribution in [0.3, 0.4) is 0 Å². The number of Topliss-reactive ketones (excluding diaryl/α,β-unsaturated/α-hetero) is 1. The molecule has 1 aromatic carbocycles. The number of aromatic nitrogens is 1. The summed E-state index contributed by atoms with van der Waals surface area (Å²) in [4.78, 5) is 51.2. The van der Waals surface area contributed by atoms with Crippen molar-refractivity contribution in [3.8, 4) is 0 Å². The topological polar surface area (TPSA) is 125 Å². The van der Waals surface area contributed by atoms with Gasteiger partial charge in [0.1, 0.15) is 11.5 Å². The molecule has 34 heavy (non-hydrogen) atoms. The molecule has 3 aromatic rings. The zero-order chi connectivity index (χ0) is 25.2. The summed E-state index contributed by atoms with van der Waals surface area (Å²) >= 11 is 0. The molecule has 0 aliphatic rings. The molecular formula is C24H25N3O7. The first-order valence-corrected chi connectivity index (χ1v) is 10.4. The molecule has 178 valence electrons. The number of carbonyl (C=O) groups is 3. The number of methoxy groups -OCH3 is 1. The van der Waals surface area contributed by atoms with E-state index in [1.54, 1.807) is 44.5 Å². The van der Waals surface area contributed by atoms with Gasteiger partial charge in [-0.3, -0.25) is 19.7 Å². The summed E-state index contributed by atoms with van der Waals surface area (Å²) < 4.78 is 11.8. The van der Waals surface area contributed by atoms with Crippen LogP contribution < -0.4 is 0 Å². The van der Waals surface area contributed by atoms with E-state index >= 15 is 0 Å². The van der Waals surface area contributed by atoms with Crippen LogP contribution in [0, 0.1) is 24.0 Å². The highest BCUT2D eigenvalue weighted by atomic mass is 16.6. The Kier molecular flexibility index (Phi) is 7.00. The van der Waals surface area contributed by atoms with Crippen LogP contribution in [0.1, 0.15) is 55.1 Å². The number of carbonyl (C=O) groups excluding carboxylic acids is 3. The highest BCUT2D eigenvalue weighted by Gasteiger charge is 2.33. The van der Waals surface area contributed by atoms with Gasteiger partial charge in [0.25, 0.3) is 11.6 Å². The second kappa shape index (κ2) is 9.74. The van der Waals surface area contributed by atoms with E-state index in [-0.39, 0.29) is 29.3 Å². The van der Waals surface area contributed by atoms with Gasteiger partial charge in [-0.25, -0.2) is 4.79 Å². The Morgan fingerprint density at radius 1 is 1.21 bits per heavy atom. The van der Waals surface area contributed by atoms with E-state index in [1.165, 1.54) is 42.5 Å². The van der Waals surface area contributed by atoms with Gasteiger partial charge >= 0.3 is 5.97 Å². The Bertz CT molecular complexity index is 1260. The molecule has 0 bridgehead atoms. The number of hydrogen-bond donors (Lipinski definition) is 0. The molecule has 0 unspecified atom stereocenters. The smallest absolute Gasteiger partial charge is 0.354 e. The number of benzene rings is 1. The number of ketones is 1. The van der Waals surface area contributed by atoms with Crippen LogP contribution in [0.4, 0.5) is 5.69 Å². The Labute approximate surface area is 195 Å². The lowest BCUT2D eigenvalue weighted by Gasteiger charge is -2.28. The van der Waals surface area contributed by atoms with Gasteiger partial charge in [-0.1, -0.05) is 6.07 Å². The molecular weight excluding hydrogens is 442 g/mol. The lowest BCUT2D eigenvalue weighted by molar-refractivity contribution is -0.384. The SMILES string of the molecule is COC(=O)c1c(C)c(C(=O)[C@H](C)N(Cc2ccco2)C(=O)c2cccc([N+](=O)[O-])c2)c(C)n1C. The van der Waals surface area contributed by atoms with Crippen molar-refractivity contribution < 1.29 is 28.5 Å². The molecule has 0 aliphatic heterocycles. The van der Waals surface area contributed by atoms with Gasteiger partial charge in [-0.05, 0) is 44.5 Å². The van der Waals surface area contributed by atoms with Crippen LogP contribution in [0.15, 0.2) is 47.1 Å². The molecule has 0 radical (unpaired) electrons. The summed E-state index contributed by atoms with van der Waals surface area (Å²) in [7, 11) is 2.92. The first-order chi connectivity index (χ1) is 16.1. The monoisotopic (exact) mass is 467 g/mol. The fraction of sp³-hybridized carbons (Fsp3) is 0.292. The molecule has 10 heteroatoms. The van der Waals surface area contributed by atoms with E-state index < -0.39 is 22.8 Å². The molecule has 0 saturated carbocycles. The van der Waals surface area contributed by atoms with Crippen LogP contribution in [-0.2, 0) is 18.3 Å². The summed E-state index contributed by atoms with van der Waals surface area (Å²) in [5.41, 5.74) is 1.39. The lowest BCUT2D eigenvalue weighted by Crippen LogP contribution is -2.43. The maximum atomic E-state index is 13.6. The summed E-state index contributed by atoms with van der Waals surface area (Å²) in [5.74, 6) is -1.09. The van der Waals surface area contributed by atoms with Crippen molar-refractivity contribution >= 4 is 23.3 Å². The van der Waals surface area contributed by atoms with Crippen molar-refractivity contribution in [2.24, 2.45) is 7.05 Å². The number of hydrogen-bond acceptors (Lipinski definition) is 7. The number of nitrogens with zero attached hydrogens (tertiary/aromatic N) is 3. The lowest BCUT2D eigenvalue weighted by atomic mass is 9.99. The van der Waals surface area contributed by atoms with Gasteiger partial charge in [-0.2, -0.15) is 0 Å². The zero-order valence-electron chi connectivity index (χ0n) is 19.5. The number of non-ortho nitro benzene ring substituents is 1.